The number of benzene rings is 2. The summed E-state index contributed by atoms with van der Waals surface area (Å²) in [5, 5.41) is 23.3. The smallest absolute Gasteiger partial charge is 0.160 e. The van der Waals surface area contributed by atoms with Gasteiger partial charge in [-0.15, -0.1) is 29.4 Å². The van der Waals surface area contributed by atoms with E-state index in [4.69, 9.17) is 4.74 Å². The monoisotopic (exact) mass is 594 g/mol. The highest BCUT2D eigenvalue weighted by molar-refractivity contribution is 8.93. The zero-order valence-electron chi connectivity index (χ0n) is 22.5. The second kappa shape index (κ2) is 13.1. The third-order valence-electron chi connectivity index (χ3n) is 9.07. The van der Waals surface area contributed by atoms with Crippen LogP contribution in [0.2, 0.25) is 0 Å². The molecule has 4 atom stereocenters. The number of fused-ring (bicyclic) bond motifs is 6. The number of phenols is 2. The Hall–Kier alpha value is -1.47. The molecule has 2 aliphatic carbocycles. The van der Waals surface area contributed by atoms with E-state index in [0.717, 1.165) is 37.1 Å². The Labute approximate surface area is 239 Å². The minimum atomic E-state index is 0. The van der Waals surface area contributed by atoms with Crippen LogP contribution >= 0.6 is 29.4 Å². The van der Waals surface area contributed by atoms with Crippen LogP contribution in [0.5, 0.6) is 17.2 Å². The third-order valence-corrected chi connectivity index (χ3v) is 9.07. The van der Waals surface area contributed by atoms with Crippen molar-refractivity contribution in [1.29, 1.82) is 0 Å². The topological polar surface area (TPSA) is 65.0 Å². The Morgan fingerprint density at radius 1 is 0.946 bits per heavy atom. The maximum Gasteiger partial charge on any atom is 0.160 e. The van der Waals surface area contributed by atoms with Gasteiger partial charge in [0.25, 0.3) is 0 Å². The number of hydrogen-bond acceptors (Lipinski definition) is 5. The van der Waals surface area contributed by atoms with Gasteiger partial charge in [-0.05, 0) is 118 Å². The molecule has 2 aliphatic heterocycles. The van der Waals surface area contributed by atoms with Crippen LogP contribution in [0.25, 0.3) is 0 Å². The van der Waals surface area contributed by atoms with Crippen molar-refractivity contribution < 1.29 is 14.9 Å². The number of hydrogen-bond donors (Lipinski definition) is 3. The van der Waals surface area contributed by atoms with E-state index in [1.807, 2.05) is 6.07 Å². The molecule has 37 heavy (non-hydrogen) atoms. The van der Waals surface area contributed by atoms with E-state index in [-0.39, 0.29) is 40.9 Å². The van der Waals surface area contributed by atoms with E-state index in [1.54, 1.807) is 13.2 Å². The maximum atomic E-state index is 9.99. The first-order chi connectivity index (χ1) is 17.0. The van der Waals surface area contributed by atoms with Crippen LogP contribution in [0.1, 0.15) is 85.1 Å². The molecular weight excluding hydrogens is 552 g/mol. The number of ether oxygens (including phenoxy) is 1. The van der Waals surface area contributed by atoms with Crippen LogP contribution in [0, 0.1) is 6.92 Å². The summed E-state index contributed by atoms with van der Waals surface area (Å²) in [5.41, 5.74) is 6.52. The van der Waals surface area contributed by atoms with E-state index in [1.165, 1.54) is 67.4 Å². The maximum absolute atomic E-state index is 9.99. The molecule has 0 radical (unpaired) electrons. The Kier molecular flexibility index (Phi) is 10.6. The van der Waals surface area contributed by atoms with Gasteiger partial charge in [-0.2, -0.15) is 0 Å². The largest absolute Gasteiger partial charge is 0.504 e. The van der Waals surface area contributed by atoms with Crippen LogP contribution in [0.4, 0.5) is 0 Å². The fourth-order valence-corrected chi connectivity index (χ4v) is 7.39. The van der Waals surface area contributed by atoms with Crippen molar-refractivity contribution >= 4 is 29.4 Å². The van der Waals surface area contributed by atoms with Gasteiger partial charge in [0, 0.05) is 17.6 Å². The number of piperidine rings is 2. The number of halogens is 2. The molecule has 2 aromatic carbocycles. The van der Waals surface area contributed by atoms with E-state index in [9.17, 15) is 10.2 Å². The third kappa shape index (κ3) is 5.78. The standard InChI is InChI=1S/C15H21NO2.C15H21NO.BrH.ClH/c1-2-16-9-3-4-11-10-6-8-14(17)15(18)12(10)5-7-13(11)16;1-10-5-6-11-12-4-3-9-16-14(12)8-7-13(11)15(10)17-2;;/h6,8,11,13,17-18H,2-5,7,9H2,1H3;5-6,12,14,16H,3-4,7-9H2,1-2H3;2*1H/t11-,13+;12-,14+;;/m11../s1. The molecule has 0 unspecified atom stereocenters. The minimum Gasteiger partial charge on any atom is -0.504 e. The van der Waals surface area contributed by atoms with Gasteiger partial charge < -0.3 is 25.2 Å². The fraction of sp³-hybridized carbons (Fsp3) is 0.600. The van der Waals surface area contributed by atoms with E-state index in [2.05, 4.69) is 36.2 Å². The molecule has 206 valence electrons. The first-order valence-electron chi connectivity index (χ1n) is 13.7. The number of aromatic hydroxyl groups is 2. The molecule has 2 fully saturated rings. The lowest BCUT2D eigenvalue weighted by atomic mass is 9.74. The second-order valence-corrected chi connectivity index (χ2v) is 10.8. The summed E-state index contributed by atoms with van der Waals surface area (Å²) < 4.78 is 5.60. The fourth-order valence-electron chi connectivity index (χ4n) is 7.39. The van der Waals surface area contributed by atoms with Gasteiger partial charge in [0.05, 0.1) is 7.11 Å². The van der Waals surface area contributed by atoms with Crippen molar-refractivity contribution in [3.63, 3.8) is 0 Å². The van der Waals surface area contributed by atoms with Crippen LogP contribution in [-0.4, -0.2) is 53.9 Å². The molecule has 0 saturated carbocycles. The van der Waals surface area contributed by atoms with Crippen LogP contribution in [0.15, 0.2) is 24.3 Å². The summed E-state index contributed by atoms with van der Waals surface area (Å²) >= 11 is 0. The van der Waals surface area contributed by atoms with Crippen LogP contribution in [0.3, 0.4) is 0 Å². The first-order valence-corrected chi connectivity index (χ1v) is 13.7. The van der Waals surface area contributed by atoms with Gasteiger partial charge in [-0.25, -0.2) is 0 Å². The van der Waals surface area contributed by atoms with E-state index < -0.39 is 0 Å². The number of methoxy groups -OCH3 is 1. The lowest BCUT2D eigenvalue weighted by Crippen LogP contribution is -2.46. The highest BCUT2D eigenvalue weighted by Crippen LogP contribution is 2.45. The number of aryl methyl sites for hydroxylation is 1. The number of likely N-dealkylation sites (tertiary alicyclic amines) is 1. The van der Waals surface area contributed by atoms with Crippen molar-refractivity contribution in [2.45, 2.75) is 89.1 Å². The predicted octanol–water partition coefficient (Wildman–Crippen LogP) is 6.40. The summed E-state index contributed by atoms with van der Waals surface area (Å²) in [6, 6.07) is 9.52. The zero-order chi connectivity index (χ0) is 24.5. The average Bonchev–Trinajstić information content (AvgIpc) is 2.90. The SMILES string of the molecule is Br.CCN1CCC[C@@H]2c3ccc(O)c(O)c3CC[C@@H]21.COc1c(C)ccc2c1CC[C@@H]1NCCC[C@H]21.Cl. The van der Waals surface area contributed by atoms with Crippen LogP contribution < -0.4 is 10.1 Å². The number of phenolic OH excluding ortho intramolecular Hbond substituents is 2. The molecule has 0 aromatic heterocycles. The number of nitrogens with zero attached hydrogens (tertiary/aromatic N) is 1. The molecule has 3 N–H and O–H groups in total. The molecule has 4 aliphatic rings. The molecule has 2 aromatic rings. The van der Waals surface area contributed by atoms with Crippen molar-refractivity contribution in [2.24, 2.45) is 0 Å². The molecule has 0 bridgehead atoms. The van der Waals surface area contributed by atoms with Gasteiger partial charge in [0.15, 0.2) is 11.5 Å². The van der Waals surface area contributed by atoms with Gasteiger partial charge in [-0.1, -0.05) is 25.1 Å². The molecule has 6 rings (SSSR count). The predicted molar refractivity (Wildman–Crippen MR) is 158 cm³/mol. The van der Waals surface area contributed by atoms with Crippen LogP contribution in [-0.2, 0) is 12.8 Å². The average molecular weight is 596 g/mol. The van der Waals surface area contributed by atoms with Gasteiger partial charge in [0.2, 0.25) is 0 Å². The quantitative estimate of drug-likeness (QED) is 0.351. The zero-order valence-corrected chi connectivity index (χ0v) is 25.0. The lowest BCUT2D eigenvalue weighted by Gasteiger charge is -2.44. The molecule has 2 saturated heterocycles. The number of nitrogens with one attached hydrogen (secondary N) is 1. The van der Waals surface area contributed by atoms with E-state index in [0.29, 0.717) is 23.9 Å². The van der Waals surface area contributed by atoms with E-state index >= 15 is 0 Å². The second-order valence-electron chi connectivity index (χ2n) is 10.8. The minimum absolute atomic E-state index is 0. The van der Waals surface area contributed by atoms with Crippen molar-refractivity contribution in [2.75, 3.05) is 26.7 Å². The number of likely N-dealkylation sites (N-methyl/N-ethyl adjacent to an activating group) is 1. The summed E-state index contributed by atoms with van der Waals surface area (Å²) in [4.78, 5) is 2.57. The molecule has 0 spiro atoms. The van der Waals surface area contributed by atoms with Gasteiger partial charge in [-0.3, -0.25) is 0 Å². The lowest BCUT2D eigenvalue weighted by molar-refractivity contribution is 0.118. The summed E-state index contributed by atoms with van der Waals surface area (Å²) in [5.74, 6) is 2.51. The van der Waals surface area contributed by atoms with Gasteiger partial charge in [0.1, 0.15) is 5.75 Å². The summed E-state index contributed by atoms with van der Waals surface area (Å²) in [7, 11) is 1.80. The Morgan fingerprint density at radius 2 is 1.65 bits per heavy atom. The molecule has 7 heteroatoms. The Morgan fingerprint density at radius 3 is 2.41 bits per heavy atom. The summed E-state index contributed by atoms with van der Waals surface area (Å²) in [6.45, 7) is 7.88. The molecule has 0 amide bonds. The first kappa shape index (κ1) is 30.1. The van der Waals surface area contributed by atoms with Gasteiger partial charge >= 0.3 is 0 Å². The normalized spacial score (nSPS) is 25.9. The molecular formula is C30H44BrClN2O3. The highest BCUT2D eigenvalue weighted by Gasteiger charge is 2.37. The molecule has 5 nitrogen and oxygen atoms in total. The Bertz CT molecular complexity index is 1070. The number of rotatable bonds is 2. The summed E-state index contributed by atoms with van der Waals surface area (Å²) in [6.07, 6.45) is 9.48. The van der Waals surface area contributed by atoms with Crippen molar-refractivity contribution in [3.05, 3.63) is 52.1 Å². The van der Waals surface area contributed by atoms with Crippen molar-refractivity contribution in [3.8, 4) is 17.2 Å². The Balaban J connectivity index is 0.000000195. The van der Waals surface area contributed by atoms with Crippen molar-refractivity contribution in [1.82, 2.24) is 10.2 Å². The highest BCUT2D eigenvalue weighted by atomic mass is 79.9. The molecule has 2 heterocycles.